The molecule has 1 amide bonds. The van der Waals surface area contributed by atoms with Gasteiger partial charge in [-0.2, -0.15) is 0 Å². The minimum Gasteiger partial charge on any atom is -0.486 e. The smallest absolute Gasteiger partial charge is 0.220 e. The van der Waals surface area contributed by atoms with Crippen molar-refractivity contribution in [3.8, 4) is 11.5 Å². The maximum atomic E-state index is 11.9. The summed E-state index contributed by atoms with van der Waals surface area (Å²) in [5.74, 6) is 2.63. The van der Waals surface area contributed by atoms with Crippen LogP contribution in [0.1, 0.15) is 12.8 Å². The molecule has 3 rings (SSSR count). The van der Waals surface area contributed by atoms with E-state index < -0.39 is 9.84 Å². The van der Waals surface area contributed by atoms with Crippen LogP contribution in [-0.4, -0.2) is 51.3 Å². The molecule has 1 aromatic rings. The van der Waals surface area contributed by atoms with Gasteiger partial charge >= 0.3 is 0 Å². The normalized spacial score (nSPS) is 21.4. The summed E-state index contributed by atoms with van der Waals surface area (Å²) in [5, 5.41) is 2.84. The molecule has 0 unspecified atom stereocenters. The van der Waals surface area contributed by atoms with Crippen LogP contribution >= 0.6 is 11.8 Å². The van der Waals surface area contributed by atoms with E-state index in [1.807, 2.05) is 18.2 Å². The van der Waals surface area contributed by atoms with Crippen LogP contribution in [0.5, 0.6) is 11.5 Å². The Morgan fingerprint density at radius 3 is 2.79 bits per heavy atom. The van der Waals surface area contributed by atoms with E-state index in [-0.39, 0.29) is 23.3 Å². The van der Waals surface area contributed by atoms with Crippen LogP contribution < -0.4 is 14.8 Å². The first-order valence-corrected chi connectivity index (χ1v) is 10.8. The molecule has 1 aromatic carbocycles. The molecule has 0 spiro atoms. The average molecular weight is 371 g/mol. The highest BCUT2D eigenvalue weighted by Gasteiger charge is 2.27. The molecule has 2 aliphatic rings. The van der Waals surface area contributed by atoms with E-state index in [2.05, 4.69) is 5.32 Å². The Morgan fingerprint density at radius 1 is 1.25 bits per heavy atom. The van der Waals surface area contributed by atoms with Crippen molar-refractivity contribution < 1.29 is 22.7 Å². The van der Waals surface area contributed by atoms with E-state index in [4.69, 9.17) is 9.47 Å². The van der Waals surface area contributed by atoms with Gasteiger partial charge in [-0.3, -0.25) is 4.79 Å². The van der Waals surface area contributed by atoms with Gasteiger partial charge < -0.3 is 14.8 Å². The van der Waals surface area contributed by atoms with E-state index in [0.717, 1.165) is 16.4 Å². The Labute approximate surface area is 146 Å². The van der Waals surface area contributed by atoms with Gasteiger partial charge in [0.2, 0.25) is 5.91 Å². The van der Waals surface area contributed by atoms with Gasteiger partial charge in [-0.25, -0.2) is 8.42 Å². The zero-order valence-corrected chi connectivity index (χ0v) is 15.0. The molecule has 2 aliphatic heterocycles. The molecule has 1 atom stereocenters. The number of ether oxygens (including phenoxy) is 2. The number of nitrogens with one attached hydrogen (secondary N) is 1. The second kappa shape index (κ2) is 7.65. The van der Waals surface area contributed by atoms with Crippen molar-refractivity contribution in [1.29, 1.82) is 0 Å². The highest BCUT2D eigenvalue weighted by atomic mass is 32.2. The molecule has 8 heteroatoms. The standard InChI is InChI=1S/C16H21NO5S2/c18-16(17-10-12-4-8-24(19,20)11-12)3-7-23-13-1-2-14-15(9-13)22-6-5-21-14/h1-2,9,12H,3-8,10-11H2,(H,17,18)/t12-/m0/s1. The second-order valence-electron chi connectivity index (χ2n) is 5.98. The third-order valence-electron chi connectivity index (χ3n) is 4.03. The Morgan fingerprint density at radius 2 is 2.04 bits per heavy atom. The minimum atomic E-state index is -2.88. The molecule has 2 heterocycles. The molecule has 24 heavy (non-hydrogen) atoms. The third-order valence-corrected chi connectivity index (χ3v) is 6.86. The fraction of sp³-hybridized carbons (Fsp3) is 0.562. The number of thioether (sulfide) groups is 1. The van der Waals surface area contributed by atoms with Crippen LogP contribution in [0.15, 0.2) is 23.1 Å². The van der Waals surface area contributed by atoms with Crippen LogP contribution in [0.25, 0.3) is 0 Å². The van der Waals surface area contributed by atoms with Gasteiger partial charge in [-0.05, 0) is 30.5 Å². The molecule has 0 bridgehead atoms. The summed E-state index contributed by atoms with van der Waals surface area (Å²) in [4.78, 5) is 12.9. The van der Waals surface area contributed by atoms with Gasteiger partial charge in [-0.15, -0.1) is 11.8 Å². The van der Waals surface area contributed by atoms with Crippen molar-refractivity contribution in [2.24, 2.45) is 5.92 Å². The molecule has 0 aliphatic carbocycles. The maximum Gasteiger partial charge on any atom is 0.220 e. The number of fused-ring (bicyclic) bond motifs is 1. The molecule has 1 N–H and O–H groups in total. The number of carbonyl (C=O) groups is 1. The third kappa shape index (κ3) is 4.80. The summed E-state index contributed by atoms with van der Waals surface area (Å²) < 4.78 is 33.8. The zero-order chi connectivity index (χ0) is 17.0. The summed E-state index contributed by atoms with van der Waals surface area (Å²) in [5.41, 5.74) is 0. The van der Waals surface area contributed by atoms with Gasteiger partial charge in [0.15, 0.2) is 21.3 Å². The first-order valence-electron chi connectivity index (χ1n) is 8.01. The summed E-state index contributed by atoms with van der Waals surface area (Å²) in [6, 6.07) is 5.78. The van der Waals surface area contributed by atoms with Crippen LogP contribution in [0.3, 0.4) is 0 Å². The first kappa shape index (κ1) is 17.4. The Kier molecular flexibility index (Phi) is 5.55. The zero-order valence-electron chi connectivity index (χ0n) is 13.3. The Bertz CT molecular complexity index is 704. The van der Waals surface area contributed by atoms with Crippen LogP contribution in [0.2, 0.25) is 0 Å². The summed E-state index contributed by atoms with van der Waals surface area (Å²) in [7, 11) is -2.88. The van der Waals surface area contributed by atoms with Crippen molar-refractivity contribution in [2.75, 3.05) is 37.0 Å². The lowest BCUT2D eigenvalue weighted by atomic mass is 10.1. The molecule has 0 aromatic heterocycles. The van der Waals surface area contributed by atoms with Crippen LogP contribution in [0.4, 0.5) is 0 Å². The number of rotatable bonds is 6. The maximum absolute atomic E-state index is 11.9. The minimum absolute atomic E-state index is 0.0376. The molecular formula is C16H21NO5S2. The van der Waals surface area contributed by atoms with Gasteiger partial charge in [0.05, 0.1) is 11.5 Å². The number of hydrogen-bond acceptors (Lipinski definition) is 6. The molecular weight excluding hydrogens is 350 g/mol. The highest BCUT2D eigenvalue weighted by molar-refractivity contribution is 7.99. The number of amides is 1. The van der Waals surface area contributed by atoms with E-state index in [9.17, 15) is 13.2 Å². The van der Waals surface area contributed by atoms with E-state index in [1.165, 1.54) is 0 Å². The largest absolute Gasteiger partial charge is 0.486 e. The summed E-state index contributed by atoms with van der Waals surface area (Å²) in [6.07, 6.45) is 1.05. The lowest BCUT2D eigenvalue weighted by Crippen LogP contribution is -2.29. The van der Waals surface area contributed by atoms with Crippen molar-refractivity contribution in [1.82, 2.24) is 5.32 Å². The van der Waals surface area contributed by atoms with Crippen LogP contribution in [-0.2, 0) is 14.6 Å². The Hall–Kier alpha value is -1.41. The number of sulfone groups is 1. The number of carbonyl (C=O) groups excluding carboxylic acids is 1. The summed E-state index contributed by atoms with van der Waals surface area (Å²) in [6.45, 7) is 1.58. The second-order valence-corrected chi connectivity index (χ2v) is 9.37. The lowest BCUT2D eigenvalue weighted by molar-refractivity contribution is -0.120. The highest BCUT2D eigenvalue weighted by Crippen LogP contribution is 2.34. The average Bonchev–Trinajstić information content (AvgIpc) is 2.92. The molecule has 0 saturated carbocycles. The SMILES string of the molecule is O=C(CCSc1ccc2c(c1)OCCO2)NC[C@@H]1CCS(=O)(=O)C1. The van der Waals surface area contributed by atoms with E-state index in [1.54, 1.807) is 11.8 Å². The number of benzene rings is 1. The van der Waals surface area contributed by atoms with Gasteiger partial charge in [0, 0.05) is 23.6 Å². The Balaban J connectivity index is 1.38. The van der Waals surface area contributed by atoms with Gasteiger partial charge in [0.25, 0.3) is 0 Å². The number of hydrogen-bond donors (Lipinski definition) is 1. The van der Waals surface area contributed by atoms with Crippen molar-refractivity contribution in [2.45, 2.75) is 17.7 Å². The van der Waals surface area contributed by atoms with Crippen molar-refractivity contribution in [3.05, 3.63) is 18.2 Å². The molecule has 1 saturated heterocycles. The quantitative estimate of drug-likeness (QED) is 0.763. The topological polar surface area (TPSA) is 81.7 Å². The molecule has 6 nitrogen and oxygen atoms in total. The predicted octanol–water partition coefficient (Wildman–Crippen LogP) is 1.49. The van der Waals surface area contributed by atoms with Gasteiger partial charge in [0.1, 0.15) is 13.2 Å². The van der Waals surface area contributed by atoms with E-state index in [0.29, 0.717) is 38.4 Å². The fourth-order valence-electron chi connectivity index (χ4n) is 2.75. The van der Waals surface area contributed by atoms with Crippen molar-refractivity contribution in [3.63, 3.8) is 0 Å². The first-order chi connectivity index (χ1) is 11.5. The molecule has 132 valence electrons. The predicted molar refractivity (Wildman–Crippen MR) is 92.5 cm³/mol. The van der Waals surface area contributed by atoms with E-state index >= 15 is 0 Å². The lowest BCUT2D eigenvalue weighted by Gasteiger charge is -2.18. The molecule has 1 fully saturated rings. The monoisotopic (exact) mass is 371 g/mol. The van der Waals surface area contributed by atoms with Gasteiger partial charge in [-0.1, -0.05) is 0 Å². The molecule has 0 radical (unpaired) electrons. The summed E-state index contributed by atoms with van der Waals surface area (Å²) >= 11 is 1.59. The van der Waals surface area contributed by atoms with Crippen LogP contribution in [0, 0.1) is 5.92 Å². The fourth-order valence-corrected chi connectivity index (χ4v) is 5.49. The van der Waals surface area contributed by atoms with Crippen molar-refractivity contribution >= 4 is 27.5 Å².